The molecule has 0 radical (unpaired) electrons. The van der Waals surface area contributed by atoms with E-state index in [0.717, 1.165) is 25.9 Å². The predicted molar refractivity (Wildman–Crippen MR) is 47.2 cm³/mol. The second kappa shape index (κ2) is 7.59. The highest BCUT2D eigenvalue weighted by atomic mass is 16.5. The summed E-state index contributed by atoms with van der Waals surface area (Å²) in [6.45, 7) is 2.63. The van der Waals surface area contributed by atoms with Crippen LogP contribution in [0.3, 0.4) is 0 Å². The van der Waals surface area contributed by atoms with Crippen LogP contribution >= 0.6 is 0 Å². The number of hydrogen-bond acceptors (Lipinski definition) is 2. The minimum atomic E-state index is 0.220. The van der Waals surface area contributed by atoms with Crippen molar-refractivity contribution in [3.8, 4) is 11.8 Å². The lowest BCUT2D eigenvalue weighted by Crippen LogP contribution is -2.19. The summed E-state index contributed by atoms with van der Waals surface area (Å²) in [5, 5.41) is 0. The lowest BCUT2D eigenvalue weighted by Gasteiger charge is -2.05. The summed E-state index contributed by atoms with van der Waals surface area (Å²) in [5.41, 5.74) is 5.74. The molecule has 0 amide bonds. The normalized spacial score (nSPS) is 11.9. The Bertz CT molecular complexity index is 134. The van der Waals surface area contributed by atoms with Crippen LogP contribution in [0.2, 0.25) is 0 Å². The fourth-order valence-electron chi connectivity index (χ4n) is 0.825. The zero-order valence-corrected chi connectivity index (χ0v) is 7.39. The van der Waals surface area contributed by atoms with Crippen molar-refractivity contribution >= 4 is 0 Å². The molecule has 0 aliphatic carbocycles. The van der Waals surface area contributed by atoms with Crippen LogP contribution in [-0.2, 0) is 4.74 Å². The van der Waals surface area contributed by atoms with E-state index in [1.165, 1.54) is 0 Å². The van der Waals surface area contributed by atoms with Crippen molar-refractivity contribution in [3.05, 3.63) is 0 Å². The summed E-state index contributed by atoms with van der Waals surface area (Å²) in [4.78, 5) is 0. The van der Waals surface area contributed by atoms with E-state index in [9.17, 15) is 0 Å². The lowest BCUT2D eigenvalue weighted by atomic mass is 10.1. The highest BCUT2D eigenvalue weighted by Crippen LogP contribution is 1.97. The smallest absolute Gasteiger partial charge is 0.0462 e. The van der Waals surface area contributed by atoms with Crippen LogP contribution < -0.4 is 5.73 Å². The van der Waals surface area contributed by atoms with Crippen LogP contribution in [0.1, 0.15) is 26.2 Å². The van der Waals surface area contributed by atoms with E-state index in [4.69, 9.17) is 10.5 Å². The number of ether oxygens (including phenoxy) is 1. The minimum absolute atomic E-state index is 0.220. The molecule has 1 unspecified atom stereocenters. The molecule has 0 aromatic heterocycles. The molecule has 2 heteroatoms. The summed E-state index contributed by atoms with van der Waals surface area (Å²) in [6.07, 6.45) is 2.84. The third-order valence-corrected chi connectivity index (χ3v) is 1.46. The Morgan fingerprint density at radius 3 is 2.82 bits per heavy atom. The van der Waals surface area contributed by atoms with Gasteiger partial charge in [0.25, 0.3) is 0 Å². The fraction of sp³-hybridized carbons (Fsp3) is 0.778. The van der Waals surface area contributed by atoms with Crippen molar-refractivity contribution < 1.29 is 4.74 Å². The molecule has 0 aromatic carbocycles. The SMILES string of the molecule is CC#CCC(N)CCCOC. The minimum Gasteiger partial charge on any atom is -0.385 e. The summed E-state index contributed by atoms with van der Waals surface area (Å²) in [7, 11) is 1.71. The molecule has 2 nitrogen and oxygen atoms in total. The van der Waals surface area contributed by atoms with Gasteiger partial charge in [-0.2, -0.15) is 0 Å². The summed E-state index contributed by atoms with van der Waals surface area (Å²) >= 11 is 0. The first-order valence-corrected chi connectivity index (χ1v) is 3.95. The number of methoxy groups -OCH3 is 1. The fourth-order valence-corrected chi connectivity index (χ4v) is 0.825. The Morgan fingerprint density at radius 2 is 2.27 bits per heavy atom. The van der Waals surface area contributed by atoms with E-state index in [-0.39, 0.29) is 6.04 Å². The monoisotopic (exact) mass is 155 g/mol. The maximum Gasteiger partial charge on any atom is 0.0462 e. The molecular weight excluding hydrogens is 138 g/mol. The maximum atomic E-state index is 5.74. The third-order valence-electron chi connectivity index (χ3n) is 1.46. The molecule has 11 heavy (non-hydrogen) atoms. The average Bonchev–Trinajstić information content (AvgIpc) is 2.01. The molecular formula is C9H17NO. The Morgan fingerprint density at radius 1 is 1.55 bits per heavy atom. The van der Waals surface area contributed by atoms with Gasteiger partial charge in [-0.3, -0.25) is 0 Å². The highest BCUT2D eigenvalue weighted by Gasteiger charge is 1.98. The molecule has 0 saturated heterocycles. The van der Waals surface area contributed by atoms with Crippen molar-refractivity contribution in [2.75, 3.05) is 13.7 Å². The van der Waals surface area contributed by atoms with E-state index in [1.807, 2.05) is 6.92 Å². The van der Waals surface area contributed by atoms with E-state index in [0.29, 0.717) is 0 Å². The summed E-state index contributed by atoms with van der Waals surface area (Å²) in [5.74, 6) is 5.79. The Balaban J connectivity index is 3.19. The van der Waals surface area contributed by atoms with Gasteiger partial charge in [-0.05, 0) is 19.8 Å². The first kappa shape index (κ1) is 10.5. The largest absolute Gasteiger partial charge is 0.385 e. The van der Waals surface area contributed by atoms with E-state index in [1.54, 1.807) is 7.11 Å². The molecule has 1 atom stereocenters. The van der Waals surface area contributed by atoms with Crippen LogP contribution in [0.4, 0.5) is 0 Å². The van der Waals surface area contributed by atoms with E-state index >= 15 is 0 Å². The number of hydrogen-bond donors (Lipinski definition) is 1. The first-order chi connectivity index (χ1) is 5.31. The van der Waals surface area contributed by atoms with Crippen molar-refractivity contribution in [1.82, 2.24) is 0 Å². The van der Waals surface area contributed by atoms with Gasteiger partial charge in [0.1, 0.15) is 0 Å². The summed E-state index contributed by atoms with van der Waals surface area (Å²) in [6, 6.07) is 0.220. The molecule has 0 aliphatic heterocycles. The molecule has 0 bridgehead atoms. The van der Waals surface area contributed by atoms with E-state index < -0.39 is 0 Å². The lowest BCUT2D eigenvalue weighted by molar-refractivity contribution is 0.190. The van der Waals surface area contributed by atoms with Gasteiger partial charge in [0.2, 0.25) is 0 Å². The molecule has 0 heterocycles. The second-order valence-electron chi connectivity index (χ2n) is 2.53. The third kappa shape index (κ3) is 7.38. The topological polar surface area (TPSA) is 35.2 Å². The zero-order valence-electron chi connectivity index (χ0n) is 7.39. The molecule has 2 N–H and O–H groups in total. The van der Waals surface area contributed by atoms with Gasteiger partial charge in [-0.15, -0.1) is 11.8 Å². The molecule has 0 aromatic rings. The van der Waals surface area contributed by atoms with Gasteiger partial charge in [0.15, 0.2) is 0 Å². The van der Waals surface area contributed by atoms with Gasteiger partial charge in [-0.25, -0.2) is 0 Å². The average molecular weight is 155 g/mol. The van der Waals surface area contributed by atoms with Crippen LogP contribution in [0, 0.1) is 11.8 Å². The first-order valence-electron chi connectivity index (χ1n) is 3.95. The standard InChI is InChI=1S/C9H17NO/c1-3-4-6-9(10)7-5-8-11-2/h9H,5-8,10H2,1-2H3. The quantitative estimate of drug-likeness (QED) is 0.477. The van der Waals surface area contributed by atoms with Crippen molar-refractivity contribution in [2.24, 2.45) is 5.73 Å². The Kier molecular flexibility index (Phi) is 7.23. The van der Waals surface area contributed by atoms with Crippen molar-refractivity contribution in [3.63, 3.8) is 0 Å². The molecule has 0 aliphatic rings. The Labute approximate surface area is 69.1 Å². The summed E-state index contributed by atoms with van der Waals surface area (Å²) < 4.78 is 4.91. The maximum absolute atomic E-state index is 5.74. The molecule has 64 valence electrons. The van der Waals surface area contributed by atoms with Gasteiger partial charge in [0.05, 0.1) is 0 Å². The predicted octanol–water partition coefficient (Wildman–Crippen LogP) is 1.15. The molecule has 0 saturated carbocycles. The van der Waals surface area contributed by atoms with Crippen LogP contribution in [-0.4, -0.2) is 19.8 Å². The molecule has 0 spiro atoms. The van der Waals surface area contributed by atoms with E-state index in [2.05, 4.69) is 11.8 Å². The Hall–Kier alpha value is -0.520. The van der Waals surface area contributed by atoms with Gasteiger partial charge >= 0.3 is 0 Å². The van der Waals surface area contributed by atoms with Gasteiger partial charge < -0.3 is 10.5 Å². The number of rotatable bonds is 5. The van der Waals surface area contributed by atoms with Crippen LogP contribution in [0.25, 0.3) is 0 Å². The van der Waals surface area contributed by atoms with Gasteiger partial charge in [0, 0.05) is 26.2 Å². The molecule has 0 rings (SSSR count). The van der Waals surface area contributed by atoms with Crippen molar-refractivity contribution in [2.45, 2.75) is 32.2 Å². The molecule has 0 fully saturated rings. The number of nitrogens with two attached hydrogens (primary N) is 1. The highest BCUT2D eigenvalue weighted by molar-refractivity contribution is 4.97. The second-order valence-corrected chi connectivity index (χ2v) is 2.53. The van der Waals surface area contributed by atoms with Gasteiger partial charge in [-0.1, -0.05) is 0 Å². The van der Waals surface area contributed by atoms with Crippen molar-refractivity contribution in [1.29, 1.82) is 0 Å². The zero-order chi connectivity index (χ0) is 8.53. The van der Waals surface area contributed by atoms with Crippen LogP contribution in [0.5, 0.6) is 0 Å². The van der Waals surface area contributed by atoms with Crippen LogP contribution in [0.15, 0.2) is 0 Å².